The zero-order chi connectivity index (χ0) is 11.8. The average Bonchev–Trinajstić information content (AvgIpc) is 2.74. The van der Waals surface area contributed by atoms with E-state index in [1.54, 1.807) is 12.1 Å². The normalized spacial score (nSPS) is 15.3. The van der Waals surface area contributed by atoms with Gasteiger partial charge in [0.1, 0.15) is 0 Å². The second-order valence-corrected chi connectivity index (χ2v) is 3.79. The summed E-state index contributed by atoms with van der Waals surface area (Å²) in [5.74, 6) is 0.152. The van der Waals surface area contributed by atoms with Crippen LogP contribution in [-0.2, 0) is 0 Å². The van der Waals surface area contributed by atoms with Crippen molar-refractivity contribution in [2.24, 2.45) is 0 Å². The van der Waals surface area contributed by atoms with Gasteiger partial charge in [0.15, 0.2) is 0 Å². The Balaban J connectivity index is 2.19. The van der Waals surface area contributed by atoms with E-state index in [1.807, 2.05) is 12.1 Å². The SMILES string of the molecule is O=C1NCCN1c1nc2ccccc2[nH]c1=O. The van der Waals surface area contributed by atoms with E-state index in [2.05, 4.69) is 15.3 Å². The minimum Gasteiger partial charge on any atom is -0.336 e. The number of carbonyl (C=O) groups excluding carboxylic acids is 1. The van der Waals surface area contributed by atoms with Crippen molar-refractivity contribution in [2.75, 3.05) is 18.0 Å². The van der Waals surface area contributed by atoms with Crippen molar-refractivity contribution < 1.29 is 4.79 Å². The Morgan fingerprint density at radius 1 is 1.24 bits per heavy atom. The standard InChI is InChI=1S/C11H10N4O2/c16-10-9(15-6-5-12-11(15)17)13-7-3-1-2-4-8(7)14-10/h1-4H,5-6H2,(H,12,17)(H,14,16). The lowest BCUT2D eigenvalue weighted by molar-refractivity contribution is 0.252. The van der Waals surface area contributed by atoms with Crippen LogP contribution in [0.2, 0.25) is 0 Å². The van der Waals surface area contributed by atoms with Gasteiger partial charge in [0.05, 0.1) is 11.0 Å². The molecule has 2 amide bonds. The van der Waals surface area contributed by atoms with E-state index in [9.17, 15) is 9.59 Å². The van der Waals surface area contributed by atoms with Crippen molar-refractivity contribution in [3.05, 3.63) is 34.6 Å². The molecule has 1 aromatic heterocycles. The van der Waals surface area contributed by atoms with Crippen LogP contribution < -0.4 is 15.8 Å². The Labute approximate surface area is 96.3 Å². The van der Waals surface area contributed by atoms with Crippen molar-refractivity contribution in [1.29, 1.82) is 0 Å². The first-order valence-corrected chi connectivity index (χ1v) is 5.30. The zero-order valence-electron chi connectivity index (χ0n) is 8.93. The van der Waals surface area contributed by atoms with Crippen molar-refractivity contribution in [3.63, 3.8) is 0 Å². The molecule has 1 fully saturated rings. The molecule has 6 nitrogen and oxygen atoms in total. The van der Waals surface area contributed by atoms with Crippen LogP contribution >= 0.6 is 0 Å². The highest BCUT2D eigenvalue weighted by Crippen LogP contribution is 2.12. The van der Waals surface area contributed by atoms with Crippen molar-refractivity contribution in [2.45, 2.75) is 0 Å². The Morgan fingerprint density at radius 2 is 2.06 bits per heavy atom. The maximum absolute atomic E-state index is 11.8. The van der Waals surface area contributed by atoms with Crippen LogP contribution in [0.5, 0.6) is 0 Å². The zero-order valence-corrected chi connectivity index (χ0v) is 8.93. The average molecular weight is 230 g/mol. The largest absolute Gasteiger partial charge is 0.336 e. The molecule has 3 rings (SSSR count). The molecule has 1 aliphatic heterocycles. The molecular formula is C11H10N4O2. The summed E-state index contributed by atoms with van der Waals surface area (Å²) in [6.45, 7) is 1.00. The lowest BCUT2D eigenvalue weighted by Crippen LogP contribution is -2.33. The molecule has 2 aromatic rings. The van der Waals surface area contributed by atoms with Gasteiger partial charge in [-0.25, -0.2) is 9.78 Å². The van der Waals surface area contributed by atoms with E-state index in [4.69, 9.17) is 0 Å². The highest BCUT2D eigenvalue weighted by Gasteiger charge is 2.24. The minimum absolute atomic E-state index is 0.152. The lowest BCUT2D eigenvalue weighted by atomic mass is 10.3. The van der Waals surface area contributed by atoms with Crippen molar-refractivity contribution in [3.8, 4) is 0 Å². The summed E-state index contributed by atoms with van der Waals surface area (Å²) in [6, 6.07) is 6.95. The molecule has 0 bridgehead atoms. The molecule has 1 aliphatic rings. The van der Waals surface area contributed by atoms with E-state index in [0.29, 0.717) is 24.1 Å². The summed E-state index contributed by atoms with van der Waals surface area (Å²) in [7, 11) is 0. The number of hydrogen-bond acceptors (Lipinski definition) is 3. The third-order valence-electron chi connectivity index (χ3n) is 2.69. The molecule has 2 heterocycles. The predicted octanol–water partition coefficient (Wildman–Crippen LogP) is 0.453. The first kappa shape index (κ1) is 9.83. The lowest BCUT2D eigenvalue weighted by Gasteiger charge is -2.12. The maximum atomic E-state index is 11.8. The number of nitrogens with zero attached hydrogens (tertiary/aromatic N) is 2. The number of rotatable bonds is 1. The summed E-state index contributed by atoms with van der Waals surface area (Å²) in [4.78, 5) is 31.6. The third kappa shape index (κ3) is 1.54. The fourth-order valence-corrected chi connectivity index (χ4v) is 1.88. The van der Waals surface area contributed by atoms with Crippen molar-refractivity contribution in [1.82, 2.24) is 15.3 Å². The van der Waals surface area contributed by atoms with E-state index in [1.165, 1.54) is 4.90 Å². The number of hydrogen-bond donors (Lipinski definition) is 2. The Kier molecular flexibility index (Phi) is 2.07. The number of nitrogens with one attached hydrogen (secondary N) is 2. The molecule has 0 aliphatic carbocycles. The molecule has 0 atom stereocenters. The van der Waals surface area contributed by atoms with Crippen LogP contribution in [-0.4, -0.2) is 29.1 Å². The predicted molar refractivity (Wildman–Crippen MR) is 63.1 cm³/mol. The number of urea groups is 1. The summed E-state index contributed by atoms with van der Waals surface area (Å²) < 4.78 is 0. The second kappa shape index (κ2) is 3.58. The molecule has 1 aromatic carbocycles. The molecular weight excluding hydrogens is 220 g/mol. The summed E-state index contributed by atoms with van der Waals surface area (Å²) in [6.07, 6.45) is 0. The molecule has 0 radical (unpaired) electrons. The van der Waals surface area contributed by atoms with Crippen molar-refractivity contribution >= 4 is 22.9 Å². The highest BCUT2D eigenvalue weighted by atomic mass is 16.2. The quantitative estimate of drug-likeness (QED) is 0.746. The number of carbonyl (C=O) groups is 1. The summed E-state index contributed by atoms with van der Waals surface area (Å²) in [5.41, 5.74) is 0.989. The number of amides is 2. The number of aromatic amines is 1. The molecule has 0 unspecified atom stereocenters. The Bertz CT molecular complexity index is 649. The third-order valence-corrected chi connectivity index (χ3v) is 2.69. The molecule has 1 saturated heterocycles. The summed E-state index contributed by atoms with van der Waals surface area (Å²) >= 11 is 0. The number of anilines is 1. The van der Waals surface area contributed by atoms with Gasteiger partial charge in [-0.05, 0) is 12.1 Å². The number of fused-ring (bicyclic) bond motifs is 1. The molecule has 2 N–H and O–H groups in total. The summed E-state index contributed by atoms with van der Waals surface area (Å²) in [5, 5.41) is 2.64. The monoisotopic (exact) mass is 230 g/mol. The topological polar surface area (TPSA) is 78.1 Å². The maximum Gasteiger partial charge on any atom is 0.323 e. The van der Waals surface area contributed by atoms with Gasteiger partial charge in [0, 0.05) is 13.1 Å². The smallest absolute Gasteiger partial charge is 0.323 e. The van der Waals surface area contributed by atoms with Crippen LogP contribution in [0.25, 0.3) is 11.0 Å². The van der Waals surface area contributed by atoms with Gasteiger partial charge in [0.25, 0.3) is 5.56 Å². The van der Waals surface area contributed by atoms with E-state index < -0.39 is 0 Å². The first-order valence-electron chi connectivity index (χ1n) is 5.30. The van der Waals surface area contributed by atoms with Crippen LogP contribution in [0.15, 0.2) is 29.1 Å². The molecule has 17 heavy (non-hydrogen) atoms. The van der Waals surface area contributed by atoms with E-state index in [-0.39, 0.29) is 17.4 Å². The van der Waals surface area contributed by atoms with Gasteiger partial charge in [-0.2, -0.15) is 0 Å². The first-order chi connectivity index (χ1) is 8.25. The van der Waals surface area contributed by atoms with Crippen LogP contribution in [0.4, 0.5) is 10.6 Å². The van der Waals surface area contributed by atoms with Crippen LogP contribution in [0, 0.1) is 0 Å². The van der Waals surface area contributed by atoms with Gasteiger partial charge in [-0.15, -0.1) is 0 Å². The van der Waals surface area contributed by atoms with Gasteiger partial charge in [-0.3, -0.25) is 9.69 Å². The minimum atomic E-state index is -0.347. The molecule has 86 valence electrons. The van der Waals surface area contributed by atoms with E-state index in [0.717, 1.165) is 0 Å². The van der Waals surface area contributed by atoms with Gasteiger partial charge < -0.3 is 10.3 Å². The number of para-hydroxylation sites is 2. The van der Waals surface area contributed by atoms with Crippen LogP contribution in [0.3, 0.4) is 0 Å². The van der Waals surface area contributed by atoms with E-state index >= 15 is 0 Å². The van der Waals surface area contributed by atoms with Crippen LogP contribution in [0.1, 0.15) is 0 Å². The van der Waals surface area contributed by atoms with Gasteiger partial charge in [0.2, 0.25) is 5.82 Å². The van der Waals surface area contributed by atoms with Gasteiger partial charge >= 0.3 is 6.03 Å². The Morgan fingerprint density at radius 3 is 2.82 bits per heavy atom. The van der Waals surface area contributed by atoms with Gasteiger partial charge in [-0.1, -0.05) is 12.1 Å². The Hall–Kier alpha value is -2.37. The fourth-order valence-electron chi connectivity index (χ4n) is 1.88. The number of aromatic nitrogens is 2. The molecule has 6 heteroatoms. The number of benzene rings is 1. The fraction of sp³-hybridized carbons (Fsp3) is 0.182. The second-order valence-electron chi connectivity index (χ2n) is 3.79. The number of H-pyrrole nitrogens is 1. The molecule has 0 spiro atoms. The highest BCUT2D eigenvalue weighted by molar-refractivity contribution is 5.93. The molecule has 0 saturated carbocycles.